The molecule has 15 heavy (non-hydrogen) atoms. The predicted octanol–water partition coefficient (Wildman–Crippen LogP) is 3.27. The summed E-state index contributed by atoms with van der Waals surface area (Å²) in [4.78, 5) is 3.23. The monoisotopic (exact) mass is 221 g/mol. The first-order valence-corrected chi connectivity index (χ1v) is 7.07. The second-order valence-corrected chi connectivity index (χ2v) is 6.10. The Morgan fingerprint density at radius 1 is 1.20 bits per heavy atom. The molecule has 2 aliphatic carbocycles. The molecule has 1 fully saturated rings. The van der Waals surface area contributed by atoms with Gasteiger partial charge in [0.1, 0.15) is 0 Å². The van der Waals surface area contributed by atoms with Gasteiger partial charge in [0, 0.05) is 22.3 Å². The van der Waals surface area contributed by atoms with Crippen molar-refractivity contribution < 1.29 is 0 Å². The van der Waals surface area contributed by atoms with Gasteiger partial charge < -0.3 is 5.32 Å². The van der Waals surface area contributed by atoms with Crippen LogP contribution in [0.1, 0.15) is 47.4 Å². The minimum absolute atomic E-state index is 0.807. The highest BCUT2D eigenvalue weighted by atomic mass is 32.1. The molecule has 1 N–H and O–H groups in total. The van der Waals surface area contributed by atoms with Crippen molar-refractivity contribution in [1.29, 1.82) is 0 Å². The highest BCUT2D eigenvalue weighted by molar-refractivity contribution is 7.12. The molecule has 0 unspecified atom stereocenters. The van der Waals surface area contributed by atoms with E-state index in [2.05, 4.69) is 11.4 Å². The third-order valence-electron chi connectivity index (χ3n) is 3.72. The fourth-order valence-corrected chi connectivity index (χ4v) is 4.06. The Hall–Kier alpha value is -0.340. The van der Waals surface area contributed by atoms with Gasteiger partial charge >= 0.3 is 0 Å². The van der Waals surface area contributed by atoms with E-state index in [1.807, 2.05) is 11.3 Å². The van der Waals surface area contributed by atoms with Gasteiger partial charge in [0.25, 0.3) is 0 Å². The van der Waals surface area contributed by atoms with E-state index >= 15 is 0 Å². The van der Waals surface area contributed by atoms with Crippen LogP contribution in [0.3, 0.4) is 0 Å². The van der Waals surface area contributed by atoms with Gasteiger partial charge in [-0.1, -0.05) is 12.8 Å². The molecule has 2 aliphatic rings. The number of hydrogen-bond acceptors (Lipinski definition) is 2. The average molecular weight is 221 g/mol. The molecule has 0 spiro atoms. The predicted molar refractivity (Wildman–Crippen MR) is 65.4 cm³/mol. The molecule has 1 heterocycles. The lowest BCUT2D eigenvalue weighted by atomic mass is 10.2. The first-order valence-electron chi connectivity index (χ1n) is 6.25. The first kappa shape index (κ1) is 9.86. The van der Waals surface area contributed by atoms with Crippen LogP contribution in [0, 0.1) is 0 Å². The molecule has 2 heteroatoms. The molecular weight excluding hydrogens is 202 g/mol. The Kier molecular flexibility index (Phi) is 2.80. The quantitative estimate of drug-likeness (QED) is 0.826. The van der Waals surface area contributed by atoms with E-state index in [-0.39, 0.29) is 0 Å². The zero-order valence-electron chi connectivity index (χ0n) is 9.22. The SMILES string of the molecule is c1c(CNC2CCCC2)sc2c1CCC2. The lowest BCUT2D eigenvalue weighted by molar-refractivity contribution is 0.527. The molecule has 0 saturated heterocycles. The van der Waals surface area contributed by atoms with Crippen LogP contribution in [-0.4, -0.2) is 6.04 Å². The lowest BCUT2D eigenvalue weighted by Crippen LogP contribution is -2.24. The molecule has 0 bridgehead atoms. The Balaban J connectivity index is 1.57. The van der Waals surface area contributed by atoms with Crippen molar-refractivity contribution in [2.45, 2.75) is 57.5 Å². The van der Waals surface area contributed by atoms with Crippen molar-refractivity contribution in [1.82, 2.24) is 5.32 Å². The molecule has 1 saturated carbocycles. The summed E-state index contributed by atoms with van der Waals surface area (Å²) < 4.78 is 0. The molecule has 0 aliphatic heterocycles. The second kappa shape index (κ2) is 4.26. The summed E-state index contributed by atoms with van der Waals surface area (Å²) in [6.07, 6.45) is 9.70. The van der Waals surface area contributed by atoms with Gasteiger partial charge in [-0.05, 0) is 43.7 Å². The van der Waals surface area contributed by atoms with Gasteiger partial charge in [-0.25, -0.2) is 0 Å². The van der Waals surface area contributed by atoms with Crippen LogP contribution in [0.2, 0.25) is 0 Å². The third-order valence-corrected chi connectivity index (χ3v) is 4.95. The van der Waals surface area contributed by atoms with Crippen LogP contribution >= 0.6 is 11.3 Å². The highest BCUT2D eigenvalue weighted by Crippen LogP contribution is 2.30. The second-order valence-electron chi connectivity index (χ2n) is 4.88. The van der Waals surface area contributed by atoms with E-state index < -0.39 is 0 Å². The number of rotatable bonds is 3. The largest absolute Gasteiger partial charge is 0.309 e. The molecule has 0 radical (unpaired) electrons. The normalized spacial score (nSPS) is 21.1. The summed E-state index contributed by atoms with van der Waals surface area (Å²) in [7, 11) is 0. The Bertz CT molecular complexity index is 315. The van der Waals surface area contributed by atoms with E-state index in [0.29, 0.717) is 0 Å². The summed E-state index contributed by atoms with van der Waals surface area (Å²) >= 11 is 2.04. The molecular formula is C13H19NS. The van der Waals surface area contributed by atoms with Crippen LogP contribution < -0.4 is 5.32 Å². The highest BCUT2D eigenvalue weighted by Gasteiger charge is 2.17. The van der Waals surface area contributed by atoms with E-state index in [4.69, 9.17) is 0 Å². The Morgan fingerprint density at radius 3 is 2.87 bits per heavy atom. The van der Waals surface area contributed by atoms with E-state index in [0.717, 1.165) is 12.6 Å². The number of hydrogen-bond donors (Lipinski definition) is 1. The minimum atomic E-state index is 0.807. The zero-order chi connectivity index (χ0) is 10.1. The van der Waals surface area contributed by atoms with Crippen molar-refractivity contribution in [2.24, 2.45) is 0 Å². The summed E-state index contributed by atoms with van der Waals surface area (Å²) in [5.74, 6) is 0. The molecule has 1 aromatic heterocycles. The van der Waals surface area contributed by atoms with Crippen molar-refractivity contribution in [3.63, 3.8) is 0 Å². The molecule has 0 aromatic carbocycles. The van der Waals surface area contributed by atoms with E-state index in [9.17, 15) is 0 Å². The van der Waals surface area contributed by atoms with Crippen molar-refractivity contribution in [3.05, 3.63) is 21.4 Å². The van der Waals surface area contributed by atoms with Crippen LogP contribution in [0.15, 0.2) is 6.07 Å². The van der Waals surface area contributed by atoms with Gasteiger partial charge in [0.05, 0.1) is 0 Å². The number of thiophene rings is 1. The van der Waals surface area contributed by atoms with Crippen molar-refractivity contribution in [3.8, 4) is 0 Å². The van der Waals surface area contributed by atoms with Gasteiger partial charge in [-0.2, -0.15) is 0 Å². The van der Waals surface area contributed by atoms with Gasteiger partial charge in [-0.15, -0.1) is 11.3 Å². The summed E-state index contributed by atoms with van der Waals surface area (Å²) in [5, 5.41) is 3.70. The van der Waals surface area contributed by atoms with Gasteiger partial charge in [0.15, 0.2) is 0 Å². The minimum Gasteiger partial charge on any atom is -0.309 e. The topological polar surface area (TPSA) is 12.0 Å². The molecule has 0 atom stereocenters. The number of fused-ring (bicyclic) bond motifs is 1. The smallest absolute Gasteiger partial charge is 0.0302 e. The van der Waals surface area contributed by atoms with Crippen LogP contribution in [0.25, 0.3) is 0 Å². The van der Waals surface area contributed by atoms with Crippen LogP contribution in [-0.2, 0) is 19.4 Å². The maximum absolute atomic E-state index is 3.70. The molecule has 82 valence electrons. The molecule has 3 rings (SSSR count). The van der Waals surface area contributed by atoms with Crippen molar-refractivity contribution in [2.75, 3.05) is 0 Å². The first-order chi connectivity index (χ1) is 7.42. The van der Waals surface area contributed by atoms with Crippen LogP contribution in [0.5, 0.6) is 0 Å². The van der Waals surface area contributed by atoms with Crippen molar-refractivity contribution >= 4 is 11.3 Å². The summed E-state index contributed by atoms with van der Waals surface area (Å²) in [6, 6.07) is 3.25. The molecule has 1 aromatic rings. The van der Waals surface area contributed by atoms with Gasteiger partial charge in [0.2, 0.25) is 0 Å². The zero-order valence-corrected chi connectivity index (χ0v) is 10.0. The van der Waals surface area contributed by atoms with Gasteiger partial charge in [-0.3, -0.25) is 0 Å². The number of nitrogens with one attached hydrogen (secondary N) is 1. The lowest BCUT2D eigenvalue weighted by Gasteiger charge is -2.10. The fourth-order valence-electron chi connectivity index (χ4n) is 2.85. The molecule has 1 nitrogen and oxygen atoms in total. The summed E-state index contributed by atoms with van der Waals surface area (Å²) in [6.45, 7) is 1.11. The number of aryl methyl sites for hydroxylation is 2. The molecule has 0 amide bonds. The van der Waals surface area contributed by atoms with Crippen LogP contribution in [0.4, 0.5) is 0 Å². The maximum Gasteiger partial charge on any atom is 0.0302 e. The Labute approximate surface area is 95.9 Å². The standard InChI is InChI=1S/C13H19NS/c1-2-6-11(5-1)14-9-12-8-10-4-3-7-13(10)15-12/h8,11,14H,1-7,9H2. The Morgan fingerprint density at radius 2 is 2.07 bits per heavy atom. The third kappa shape index (κ3) is 2.11. The summed E-state index contributed by atoms with van der Waals surface area (Å²) in [5.41, 5.74) is 1.64. The van der Waals surface area contributed by atoms with E-state index in [1.54, 1.807) is 15.3 Å². The average Bonchev–Trinajstić information content (AvgIpc) is 2.91. The fraction of sp³-hybridized carbons (Fsp3) is 0.692. The maximum atomic E-state index is 3.70. The van der Waals surface area contributed by atoms with E-state index in [1.165, 1.54) is 44.9 Å².